The van der Waals surface area contributed by atoms with E-state index in [1.807, 2.05) is 17.5 Å². The van der Waals surface area contributed by atoms with E-state index in [0.29, 0.717) is 0 Å². The normalized spacial score (nSPS) is 10.8. The molecular weight excluding hydrogens is 305 g/mol. The lowest BCUT2D eigenvalue weighted by molar-refractivity contribution is 1.71. The minimum atomic E-state index is 0.760. The van der Waals surface area contributed by atoms with Gasteiger partial charge in [0.1, 0.15) is 0 Å². The van der Waals surface area contributed by atoms with Crippen molar-refractivity contribution in [3.05, 3.63) is 26.1 Å². The molecule has 0 spiro atoms. The lowest BCUT2D eigenvalue weighted by Gasteiger charge is -2.01. The lowest BCUT2D eigenvalue weighted by atomic mass is 10.2. The van der Waals surface area contributed by atoms with E-state index in [-0.39, 0.29) is 0 Å². The standard InChI is InChI=1S/C8H5ClINS/c9-7-4-1-2-12-6(4)3-5(11)8(7)10/h1-3H,11H2. The smallest absolute Gasteiger partial charge is 0.0647 e. The number of nitrogen functional groups attached to an aromatic ring is 1. The fourth-order valence-electron chi connectivity index (χ4n) is 1.06. The maximum absolute atomic E-state index is 6.09. The molecule has 2 aromatic rings. The third-order valence-corrected chi connectivity index (χ3v) is 4.40. The summed E-state index contributed by atoms with van der Waals surface area (Å²) in [5, 5.41) is 3.89. The summed E-state index contributed by atoms with van der Waals surface area (Å²) in [5.41, 5.74) is 6.52. The van der Waals surface area contributed by atoms with E-state index in [0.717, 1.165) is 24.4 Å². The van der Waals surface area contributed by atoms with Gasteiger partial charge in [0, 0.05) is 15.8 Å². The van der Waals surface area contributed by atoms with E-state index in [4.69, 9.17) is 17.3 Å². The molecule has 1 aromatic heterocycles. The van der Waals surface area contributed by atoms with E-state index in [1.165, 1.54) is 0 Å². The number of thiophene rings is 1. The highest BCUT2D eigenvalue weighted by Crippen LogP contribution is 2.35. The van der Waals surface area contributed by atoms with E-state index in [9.17, 15) is 0 Å². The molecule has 2 N–H and O–H groups in total. The SMILES string of the molecule is Nc1cc2sccc2c(Cl)c1I. The number of anilines is 1. The lowest BCUT2D eigenvalue weighted by Crippen LogP contribution is -1.89. The summed E-state index contributed by atoms with van der Waals surface area (Å²) >= 11 is 9.91. The van der Waals surface area contributed by atoms with E-state index in [1.54, 1.807) is 11.3 Å². The Bertz CT molecular complexity index is 438. The number of rotatable bonds is 0. The Morgan fingerprint density at radius 1 is 1.50 bits per heavy atom. The molecule has 2 rings (SSSR count). The predicted octanol–water partition coefficient (Wildman–Crippen LogP) is 3.74. The van der Waals surface area contributed by atoms with E-state index in [2.05, 4.69) is 22.6 Å². The number of nitrogens with two attached hydrogens (primary N) is 1. The molecule has 0 saturated carbocycles. The van der Waals surface area contributed by atoms with Gasteiger partial charge in [-0.1, -0.05) is 11.6 Å². The van der Waals surface area contributed by atoms with Crippen molar-refractivity contribution >= 4 is 61.3 Å². The van der Waals surface area contributed by atoms with Crippen molar-refractivity contribution in [1.29, 1.82) is 0 Å². The highest BCUT2D eigenvalue weighted by atomic mass is 127. The van der Waals surface area contributed by atoms with E-state index < -0.39 is 0 Å². The Balaban J connectivity index is 2.94. The van der Waals surface area contributed by atoms with Crippen LogP contribution in [-0.4, -0.2) is 0 Å². The number of benzene rings is 1. The quantitative estimate of drug-likeness (QED) is 0.582. The first-order valence-electron chi connectivity index (χ1n) is 3.31. The molecule has 0 radical (unpaired) electrons. The summed E-state index contributed by atoms with van der Waals surface area (Å²) in [7, 11) is 0. The van der Waals surface area contributed by atoms with Crippen molar-refractivity contribution in [3.63, 3.8) is 0 Å². The van der Waals surface area contributed by atoms with Gasteiger partial charge in [-0.15, -0.1) is 11.3 Å². The van der Waals surface area contributed by atoms with Gasteiger partial charge in [-0.2, -0.15) is 0 Å². The maximum Gasteiger partial charge on any atom is 0.0647 e. The maximum atomic E-state index is 6.09. The van der Waals surface area contributed by atoms with Gasteiger partial charge in [-0.05, 0) is 40.1 Å². The van der Waals surface area contributed by atoms with E-state index >= 15 is 0 Å². The van der Waals surface area contributed by atoms with Crippen LogP contribution in [0.2, 0.25) is 5.02 Å². The number of hydrogen-bond donors (Lipinski definition) is 1. The summed E-state index contributed by atoms with van der Waals surface area (Å²) in [6.45, 7) is 0. The Kier molecular flexibility index (Phi) is 2.18. The third-order valence-electron chi connectivity index (χ3n) is 1.66. The molecule has 1 aromatic carbocycles. The first kappa shape index (κ1) is 8.59. The molecule has 12 heavy (non-hydrogen) atoms. The van der Waals surface area contributed by atoms with Gasteiger partial charge in [0.15, 0.2) is 0 Å². The molecule has 1 nitrogen and oxygen atoms in total. The van der Waals surface area contributed by atoms with Crippen molar-refractivity contribution in [3.8, 4) is 0 Å². The van der Waals surface area contributed by atoms with Crippen LogP contribution in [0, 0.1) is 3.57 Å². The number of halogens is 2. The van der Waals surface area contributed by atoms with Gasteiger partial charge in [0.25, 0.3) is 0 Å². The first-order chi connectivity index (χ1) is 5.70. The summed E-state index contributed by atoms with van der Waals surface area (Å²) < 4.78 is 2.10. The highest BCUT2D eigenvalue weighted by Gasteiger charge is 2.07. The molecule has 62 valence electrons. The average molecular weight is 310 g/mol. The van der Waals surface area contributed by atoms with Gasteiger partial charge < -0.3 is 5.73 Å². The van der Waals surface area contributed by atoms with Crippen LogP contribution in [0.15, 0.2) is 17.5 Å². The summed E-state index contributed by atoms with van der Waals surface area (Å²) in [6, 6.07) is 3.98. The van der Waals surface area contributed by atoms with Gasteiger partial charge in [-0.25, -0.2) is 0 Å². The number of hydrogen-bond acceptors (Lipinski definition) is 2. The van der Waals surface area contributed by atoms with Crippen molar-refractivity contribution in [2.75, 3.05) is 5.73 Å². The molecule has 0 aliphatic carbocycles. The van der Waals surface area contributed by atoms with Crippen LogP contribution < -0.4 is 5.73 Å². The zero-order valence-electron chi connectivity index (χ0n) is 5.97. The van der Waals surface area contributed by atoms with Crippen LogP contribution in [0.3, 0.4) is 0 Å². The molecule has 1 heterocycles. The molecule has 0 aliphatic rings. The molecule has 0 amide bonds. The molecule has 4 heteroatoms. The molecule has 0 unspecified atom stereocenters. The molecule has 0 aliphatic heterocycles. The summed E-state index contributed by atoms with van der Waals surface area (Å²) in [5.74, 6) is 0. The topological polar surface area (TPSA) is 26.0 Å². The van der Waals surface area contributed by atoms with Gasteiger partial charge in [0.05, 0.1) is 8.59 Å². The predicted molar refractivity (Wildman–Crippen MR) is 64.0 cm³/mol. The first-order valence-corrected chi connectivity index (χ1v) is 5.64. The molecular formula is C8H5ClINS. The van der Waals surface area contributed by atoms with Crippen LogP contribution in [0.25, 0.3) is 10.1 Å². The monoisotopic (exact) mass is 309 g/mol. The van der Waals surface area contributed by atoms with Crippen molar-refractivity contribution < 1.29 is 0 Å². The minimum absolute atomic E-state index is 0.760. The Hall–Kier alpha value is -0.000000000000000111. The third kappa shape index (κ3) is 1.20. The van der Waals surface area contributed by atoms with Crippen LogP contribution in [0.4, 0.5) is 5.69 Å². The van der Waals surface area contributed by atoms with Crippen LogP contribution in [-0.2, 0) is 0 Å². The Morgan fingerprint density at radius 2 is 2.25 bits per heavy atom. The average Bonchev–Trinajstić information content (AvgIpc) is 2.48. The van der Waals surface area contributed by atoms with Gasteiger partial charge in [-0.3, -0.25) is 0 Å². The zero-order chi connectivity index (χ0) is 8.72. The van der Waals surface area contributed by atoms with Crippen molar-refractivity contribution in [2.24, 2.45) is 0 Å². The Morgan fingerprint density at radius 3 is 3.00 bits per heavy atom. The second-order valence-electron chi connectivity index (χ2n) is 2.43. The second kappa shape index (κ2) is 3.05. The molecule has 0 fully saturated rings. The summed E-state index contributed by atoms with van der Waals surface area (Å²) in [4.78, 5) is 0. The molecule has 0 bridgehead atoms. The van der Waals surface area contributed by atoms with Crippen molar-refractivity contribution in [2.45, 2.75) is 0 Å². The van der Waals surface area contributed by atoms with Crippen LogP contribution in [0.1, 0.15) is 0 Å². The zero-order valence-corrected chi connectivity index (χ0v) is 9.70. The number of fused-ring (bicyclic) bond motifs is 1. The minimum Gasteiger partial charge on any atom is -0.398 e. The van der Waals surface area contributed by atoms with Crippen LogP contribution >= 0.6 is 45.5 Å². The fourth-order valence-corrected chi connectivity index (χ4v) is 2.68. The second-order valence-corrected chi connectivity index (χ2v) is 4.83. The largest absolute Gasteiger partial charge is 0.398 e. The van der Waals surface area contributed by atoms with Gasteiger partial charge >= 0.3 is 0 Å². The highest BCUT2D eigenvalue weighted by molar-refractivity contribution is 14.1. The van der Waals surface area contributed by atoms with Gasteiger partial charge in [0.2, 0.25) is 0 Å². The molecule has 0 saturated heterocycles. The van der Waals surface area contributed by atoms with Crippen molar-refractivity contribution in [1.82, 2.24) is 0 Å². The fraction of sp³-hybridized carbons (Fsp3) is 0. The molecule has 0 atom stereocenters. The summed E-state index contributed by atoms with van der Waals surface area (Å²) in [6.07, 6.45) is 0. The van der Waals surface area contributed by atoms with Crippen LogP contribution in [0.5, 0.6) is 0 Å². The Labute approximate surface area is 92.7 Å².